The highest BCUT2D eigenvalue weighted by Gasteiger charge is 2.22. The quantitative estimate of drug-likeness (QED) is 0.186. The molecule has 10 aromatic rings. The summed E-state index contributed by atoms with van der Waals surface area (Å²) in [6.45, 7) is 0. The minimum absolute atomic E-state index is 0.505. The maximum Gasteiger partial charge on any atom is 0.236 e. The average Bonchev–Trinajstić information content (AvgIpc) is 3.91. The topological polar surface area (TPSA) is 74.3 Å². The third kappa shape index (κ3) is 4.46. The summed E-state index contributed by atoms with van der Waals surface area (Å²) in [5.41, 5.74) is 7.64. The fourth-order valence-electron chi connectivity index (χ4n) is 6.71. The lowest BCUT2D eigenvalue weighted by Gasteiger charge is -2.12. The number of fused-ring (bicyclic) bond motifs is 6. The van der Waals surface area contributed by atoms with Gasteiger partial charge in [0.25, 0.3) is 0 Å². The van der Waals surface area contributed by atoms with E-state index in [0.717, 1.165) is 59.7 Å². The van der Waals surface area contributed by atoms with Gasteiger partial charge >= 0.3 is 0 Å². The molecule has 230 valence electrons. The molecule has 0 atom stereocenters. The molecule has 0 N–H and O–H groups in total. The van der Waals surface area contributed by atoms with Crippen LogP contribution in [0.15, 0.2) is 151 Å². The largest absolute Gasteiger partial charge is 0.316 e. The van der Waals surface area contributed by atoms with E-state index in [4.69, 9.17) is 24.9 Å². The van der Waals surface area contributed by atoms with Crippen molar-refractivity contribution in [2.45, 2.75) is 0 Å². The van der Waals surface area contributed by atoms with E-state index in [1.807, 2.05) is 78.2 Å². The second-order valence-corrected chi connectivity index (χ2v) is 12.7. The van der Waals surface area contributed by atoms with Crippen LogP contribution in [0.2, 0.25) is 0 Å². The van der Waals surface area contributed by atoms with Crippen LogP contribution in [0.5, 0.6) is 0 Å². The highest BCUT2D eigenvalue weighted by atomic mass is 32.1. The molecule has 0 saturated carbocycles. The zero-order valence-electron chi connectivity index (χ0n) is 26.0. The monoisotopic (exact) mass is 647 g/mol. The summed E-state index contributed by atoms with van der Waals surface area (Å²) >= 11 is 1.59. The van der Waals surface area contributed by atoms with Gasteiger partial charge < -0.3 is 4.57 Å². The molecule has 0 spiro atoms. The van der Waals surface area contributed by atoms with E-state index in [1.54, 1.807) is 11.3 Å². The number of benzene rings is 5. The first-order valence-corrected chi connectivity index (χ1v) is 16.9. The van der Waals surface area contributed by atoms with Crippen molar-refractivity contribution in [1.82, 2.24) is 34.1 Å². The van der Waals surface area contributed by atoms with E-state index >= 15 is 0 Å². The molecule has 5 aromatic carbocycles. The van der Waals surface area contributed by atoms with E-state index < -0.39 is 0 Å². The Balaban J connectivity index is 1.26. The Morgan fingerprint density at radius 3 is 1.86 bits per heavy atom. The van der Waals surface area contributed by atoms with Gasteiger partial charge in [-0.25, -0.2) is 24.9 Å². The Morgan fingerprint density at radius 1 is 0.469 bits per heavy atom. The van der Waals surface area contributed by atoms with Gasteiger partial charge in [-0.1, -0.05) is 103 Å². The van der Waals surface area contributed by atoms with Crippen LogP contribution in [0.3, 0.4) is 0 Å². The Hall–Kier alpha value is -6.51. The number of hydrogen-bond acceptors (Lipinski definition) is 6. The predicted molar refractivity (Wildman–Crippen MR) is 198 cm³/mol. The average molecular weight is 648 g/mol. The van der Waals surface area contributed by atoms with Gasteiger partial charge in [0.15, 0.2) is 17.5 Å². The van der Waals surface area contributed by atoms with E-state index in [0.29, 0.717) is 29.1 Å². The van der Waals surface area contributed by atoms with Crippen molar-refractivity contribution in [3.8, 4) is 45.9 Å². The minimum Gasteiger partial charge on any atom is -0.316 e. The number of aromatic nitrogens is 7. The lowest BCUT2D eigenvalue weighted by atomic mass is 10.1. The maximum absolute atomic E-state index is 5.33. The summed E-state index contributed by atoms with van der Waals surface area (Å²) in [6.07, 6.45) is 2.14. The zero-order valence-corrected chi connectivity index (χ0v) is 26.8. The first kappa shape index (κ1) is 27.6. The number of para-hydroxylation sites is 2. The van der Waals surface area contributed by atoms with Gasteiger partial charge in [-0.15, -0.1) is 11.3 Å². The summed E-state index contributed by atoms with van der Waals surface area (Å²) in [4.78, 5) is 25.5. The van der Waals surface area contributed by atoms with Crippen LogP contribution < -0.4 is 0 Å². The standard InChI is InChI=1S/C41H25N7S/c1-4-12-26(13-5-1)38-44-39(27-14-6-2-7-15-27)46-40(45-38)35-37-32(23-25-49-37)42-41(43-35)48-34-19-11-10-18-29(34)30-20-21-33-31(36(30)48)22-24-47(33)28-16-8-3-9-17-28/h1-25H. The van der Waals surface area contributed by atoms with Crippen molar-refractivity contribution < 1.29 is 0 Å². The molecule has 8 heteroatoms. The molecule has 7 nitrogen and oxygen atoms in total. The molecular formula is C41H25N7S. The minimum atomic E-state index is 0.505. The first-order chi connectivity index (χ1) is 24.3. The van der Waals surface area contributed by atoms with Gasteiger partial charge in [-0.3, -0.25) is 4.57 Å². The Bertz CT molecular complexity index is 2760. The first-order valence-electron chi connectivity index (χ1n) is 16.0. The third-order valence-electron chi connectivity index (χ3n) is 8.94. The Kier molecular flexibility index (Phi) is 6.22. The smallest absolute Gasteiger partial charge is 0.236 e. The molecule has 0 radical (unpaired) electrons. The second-order valence-electron chi connectivity index (χ2n) is 11.8. The normalized spacial score (nSPS) is 11.7. The van der Waals surface area contributed by atoms with Crippen LogP contribution in [-0.2, 0) is 0 Å². The third-order valence-corrected chi connectivity index (χ3v) is 9.85. The zero-order chi connectivity index (χ0) is 32.3. The van der Waals surface area contributed by atoms with Crippen molar-refractivity contribution in [3.63, 3.8) is 0 Å². The molecule has 5 heterocycles. The van der Waals surface area contributed by atoms with Crippen molar-refractivity contribution in [2.75, 3.05) is 0 Å². The SMILES string of the molecule is c1ccc(-c2nc(-c3ccccc3)nc(-c3nc(-n4c5ccccc5c5ccc6c(ccn6-c6ccccc6)c54)nc4ccsc34)n2)cc1. The lowest BCUT2D eigenvalue weighted by Crippen LogP contribution is -2.06. The Morgan fingerprint density at radius 2 is 1.12 bits per heavy atom. The summed E-state index contributed by atoms with van der Waals surface area (Å²) in [7, 11) is 0. The molecule has 0 aliphatic carbocycles. The number of rotatable bonds is 5. The molecular weight excluding hydrogens is 623 g/mol. The lowest BCUT2D eigenvalue weighted by molar-refractivity contribution is 0.999. The fraction of sp³-hybridized carbons (Fsp3) is 0. The summed E-state index contributed by atoms with van der Waals surface area (Å²) in [5.74, 6) is 2.25. The molecule has 5 aromatic heterocycles. The number of thiophene rings is 1. The van der Waals surface area contributed by atoms with Gasteiger partial charge in [0.1, 0.15) is 5.69 Å². The summed E-state index contributed by atoms with van der Waals surface area (Å²) < 4.78 is 5.35. The molecule has 0 unspecified atom stereocenters. The molecule has 0 saturated heterocycles. The van der Waals surface area contributed by atoms with Crippen molar-refractivity contribution >= 4 is 54.3 Å². The van der Waals surface area contributed by atoms with E-state index in [9.17, 15) is 0 Å². The molecule has 0 aliphatic rings. The molecule has 0 aliphatic heterocycles. The van der Waals surface area contributed by atoms with E-state index in [-0.39, 0.29) is 0 Å². The van der Waals surface area contributed by atoms with Crippen LogP contribution in [0.1, 0.15) is 0 Å². The van der Waals surface area contributed by atoms with Crippen LogP contribution in [0.25, 0.3) is 88.9 Å². The van der Waals surface area contributed by atoms with Crippen LogP contribution >= 0.6 is 11.3 Å². The summed E-state index contributed by atoms with van der Waals surface area (Å²) in [5, 5.41) is 5.45. The van der Waals surface area contributed by atoms with Gasteiger partial charge in [0.2, 0.25) is 5.95 Å². The molecule has 0 amide bonds. The van der Waals surface area contributed by atoms with E-state index in [2.05, 4.69) is 82.1 Å². The molecule has 0 fully saturated rings. The van der Waals surface area contributed by atoms with Gasteiger partial charge in [-0.2, -0.15) is 0 Å². The summed E-state index contributed by atoms with van der Waals surface area (Å²) in [6, 6.07) is 47.6. The molecule has 10 rings (SSSR count). The van der Waals surface area contributed by atoms with Gasteiger partial charge in [-0.05, 0) is 41.8 Å². The van der Waals surface area contributed by atoms with Gasteiger partial charge in [0, 0.05) is 39.2 Å². The van der Waals surface area contributed by atoms with Crippen molar-refractivity contribution in [1.29, 1.82) is 0 Å². The van der Waals surface area contributed by atoms with Gasteiger partial charge in [0.05, 0.1) is 26.8 Å². The second kappa shape index (κ2) is 11.0. The van der Waals surface area contributed by atoms with Crippen LogP contribution in [0.4, 0.5) is 0 Å². The highest BCUT2D eigenvalue weighted by Crippen LogP contribution is 2.38. The number of hydrogen-bond donors (Lipinski definition) is 0. The molecule has 49 heavy (non-hydrogen) atoms. The van der Waals surface area contributed by atoms with E-state index in [1.165, 1.54) is 0 Å². The molecule has 0 bridgehead atoms. The fourth-order valence-corrected chi connectivity index (χ4v) is 7.53. The Labute approximate surface area is 284 Å². The number of nitrogens with zero attached hydrogens (tertiary/aromatic N) is 7. The predicted octanol–water partition coefficient (Wildman–Crippen LogP) is 9.92. The highest BCUT2D eigenvalue weighted by molar-refractivity contribution is 7.17. The van der Waals surface area contributed by atoms with Crippen molar-refractivity contribution in [3.05, 3.63) is 151 Å². The van der Waals surface area contributed by atoms with Crippen molar-refractivity contribution in [2.24, 2.45) is 0 Å². The van der Waals surface area contributed by atoms with Crippen LogP contribution in [-0.4, -0.2) is 34.1 Å². The van der Waals surface area contributed by atoms with Crippen LogP contribution in [0, 0.1) is 0 Å². The maximum atomic E-state index is 5.33.